The molecule has 1 aromatic carbocycles. The Morgan fingerprint density at radius 2 is 1.92 bits per heavy atom. The third kappa shape index (κ3) is 3.48. The fraction of sp³-hybridized carbons (Fsp3) is 0.421. The van der Waals surface area contributed by atoms with Gasteiger partial charge in [0.15, 0.2) is 5.82 Å². The van der Waals surface area contributed by atoms with Gasteiger partial charge in [0.05, 0.1) is 0 Å². The second-order valence-corrected chi connectivity index (χ2v) is 6.75. The van der Waals surface area contributed by atoms with Crippen molar-refractivity contribution in [3.8, 4) is 0 Å². The maximum absolute atomic E-state index is 13.0. The molecule has 1 aliphatic carbocycles. The van der Waals surface area contributed by atoms with Crippen molar-refractivity contribution in [1.82, 2.24) is 15.1 Å². The molecule has 4 rings (SSSR count). The van der Waals surface area contributed by atoms with E-state index in [2.05, 4.69) is 15.1 Å². The first kappa shape index (κ1) is 16.0. The van der Waals surface area contributed by atoms with Gasteiger partial charge in [0.25, 0.3) is 0 Å². The largest absolute Gasteiger partial charge is 0.353 e. The molecule has 0 spiro atoms. The van der Waals surface area contributed by atoms with Crippen LogP contribution in [0.25, 0.3) is 0 Å². The van der Waals surface area contributed by atoms with E-state index >= 15 is 0 Å². The monoisotopic (exact) mass is 340 g/mol. The zero-order valence-electron chi connectivity index (χ0n) is 14.0. The van der Waals surface area contributed by atoms with Crippen LogP contribution in [0.2, 0.25) is 0 Å². The summed E-state index contributed by atoms with van der Waals surface area (Å²) in [5, 5.41) is 8.10. The van der Waals surface area contributed by atoms with Gasteiger partial charge >= 0.3 is 0 Å². The van der Waals surface area contributed by atoms with Crippen LogP contribution in [0.1, 0.15) is 24.3 Å². The topological polar surface area (TPSA) is 49.3 Å². The summed E-state index contributed by atoms with van der Waals surface area (Å²) < 4.78 is 13.0. The lowest BCUT2D eigenvalue weighted by Crippen LogP contribution is -2.36. The number of amides is 1. The maximum Gasteiger partial charge on any atom is 0.226 e. The van der Waals surface area contributed by atoms with Crippen LogP contribution in [-0.2, 0) is 4.79 Å². The number of nitrogens with zero attached hydrogens (tertiary/aromatic N) is 4. The van der Waals surface area contributed by atoms with Gasteiger partial charge in [-0.05, 0) is 48.6 Å². The molecule has 130 valence electrons. The molecule has 0 bridgehead atoms. The Bertz CT molecular complexity index is 737. The van der Waals surface area contributed by atoms with E-state index in [0.29, 0.717) is 6.54 Å². The molecule has 1 aromatic heterocycles. The van der Waals surface area contributed by atoms with Crippen molar-refractivity contribution in [2.24, 2.45) is 5.92 Å². The zero-order chi connectivity index (χ0) is 17.2. The summed E-state index contributed by atoms with van der Waals surface area (Å²) in [6, 6.07) is 10.4. The summed E-state index contributed by atoms with van der Waals surface area (Å²) in [5.41, 5.74) is 1.07. The average molecular weight is 340 g/mol. The Hall–Kier alpha value is -2.50. The van der Waals surface area contributed by atoms with Crippen LogP contribution in [-0.4, -0.2) is 47.2 Å². The van der Waals surface area contributed by atoms with Gasteiger partial charge in [-0.1, -0.05) is 12.1 Å². The van der Waals surface area contributed by atoms with E-state index in [9.17, 15) is 9.18 Å². The quantitative estimate of drug-likeness (QED) is 0.861. The van der Waals surface area contributed by atoms with Gasteiger partial charge in [-0.2, -0.15) is 5.10 Å². The lowest BCUT2D eigenvalue weighted by atomic mass is 10.1. The van der Waals surface area contributed by atoms with Crippen molar-refractivity contribution in [3.05, 3.63) is 54.0 Å². The molecule has 2 fully saturated rings. The molecule has 0 unspecified atom stereocenters. The minimum absolute atomic E-state index is 0.0496. The molecule has 5 nitrogen and oxygen atoms in total. The molecule has 6 heteroatoms. The van der Waals surface area contributed by atoms with E-state index in [1.165, 1.54) is 12.1 Å². The first-order valence-corrected chi connectivity index (χ1v) is 8.79. The van der Waals surface area contributed by atoms with Crippen LogP contribution < -0.4 is 4.90 Å². The van der Waals surface area contributed by atoms with Gasteiger partial charge < -0.3 is 9.80 Å². The highest BCUT2D eigenvalue weighted by atomic mass is 19.1. The van der Waals surface area contributed by atoms with Gasteiger partial charge in [0.1, 0.15) is 5.82 Å². The predicted octanol–water partition coefficient (Wildman–Crippen LogP) is 2.46. The molecule has 0 N–H and O–H groups in total. The molecule has 0 radical (unpaired) electrons. The van der Waals surface area contributed by atoms with Crippen molar-refractivity contribution in [3.63, 3.8) is 0 Å². The van der Waals surface area contributed by atoms with Gasteiger partial charge in [0.2, 0.25) is 5.91 Å². The molecular formula is C19H21FN4O. The predicted molar refractivity (Wildman–Crippen MR) is 92.7 cm³/mol. The summed E-state index contributed by atoms with van der Waals surface area (Å²) in [4.78, 5) is 17.0. The van der Waals surface area contributed by atoms with Gasteiger partial charge in [-0.15, -0.1) is 5.10 Å². The summed E-state index contributed by atoms with van der Waals surface area (Å²) >= 11 is 0. The highest BCUT2D eigenvalue weighted by molar-refractivity contribution is 5.83. The summed E-state index contributed by atoms with van der Waals surface area (Å²) in [7, 11) is 0. The number of anilines is 1. The molecular weight excluding hydrogens is 319 g/mol. The lowest BCUT2D eigenvalue weighted by molar-refractivity contribution is -0.132. The van der Waals surface area contributed by atoms with Gasteiger partial charge in [-0.3, -0.25) is 4.79 Å². The number of aromatic nitrogens is 2. The molecule has 1 aliphatic heterocycles. The smallest absolute Gasteiger partial charge is 0.226 e. The van der Waals surface area contributed by atoms with E-state index in [0.717, 1.165) is 43.9 Å². The van der Waals surface area contributed by atoms with Crippen LogP contribution in [0, 0.1) is 11.7 Å². The van der Waals surface area contributed by atoms with Crippen LogP contribution in [0.3, 0.4) is 0 Å². The second-order valence-electron chi connectivity index (χ2n) is 6.75. The summed E-state index contributed by atoms with van der Waals surface area (Å²) in [5.74, 6) is 1.16. The van der Waals surface area contributed by atoms with Crippen LogP contribution in [0.4, 0.5) is 10.2 Å². The van der Waals surface area contributed by atoms with Crippen molar-refractivity contribution < 1.29 is 9.18 Å². The Kier molecular flexibility index (Phi) is 4.34. The number of hydrogen-bond donors (Lipinski definition) is 0. The fourth-order valence-corrected chi connectivity index (χ4v) is 3.61. The average Bonchev–Trinajstić information content (AvgIpc) is 3.46. The third-order valence-corrected chi connectivity index (χ3v) is 5.10. The third-order valence-electron chi connectivity index (χ3n) is 5.10. The number of carbonyl (C=O) groups excluding carboxylic acids is 1. The van der Waals surface area contributed by atoms with Gasteiger partial charge in [0, 0.05) is 38.3 Å². The van der Waals surface area contributed by atoms with Crippen molar-refractivity contribution >= 4 is 11.7 Å². The van der Waals surface area contributed by atoms with Crippen LogP contribution in [0.5, 0.6) is 0 Å². The second kappa shape index (κ2) is 6.78. The molecule has 2 atom stereocenters. The first-order chi connectivity index (χ1) is 12.2. The van der Waals surface area contributed by atoms with E-state index in [-0.39, 0.29) is 23.6 Å². The van der Waals surface area contributed by atoms with Crippen molar-refractivity contribution in [1.29, 1.82) is 0 Å². The number of rotatable bonds is 3. The molecule has 1 amide bonds. The van der Waals surface area contributed by atoms with E-state index in [1.807, 2.05) is 17.0 Å². The van der Waals surface area contributed by atoms with Crippen LogP contribution in [0.15, 0.2) is 42.6 Å². The highest BCUT2D eigenvalue weighted by Crippen LogP contribution is 2.48. The Balaban J connectivity index is 1.36. The number of hydrogen-bond acceptors (Lipinski definition) is 4. The van der Waals surface area contributed by atoms with Gasteiger partial charge in [-0.25, -0.2) is 4.39 Å². The first-order valence-electron chi connectivity index (χ1n) is 8.79. The van der Waals surface area contributed by atoms with Crippen LogP contribution >= 0.6 is 0 Å². The molecule has 1 saturated carbocycles. The fourth-order valence-electron chi connectivity index (χ4n) is 3.61. The molecule has 25 heavy (non-hydrogen) atoms. The zero-order valence-corrected chi connectivity index (χ0v) is 14.0. The molecule has 2 aromatic rings. The standard InChI is InChI=1S/C19H21FN4O/c20-15-6-4-14(5-7-15)16-13-17(16)19(25)24-10-2-9-23(11-12-24)18-3-1-8-21-22-18/h1,3-8,16-17H,2,9-13H2/t16-,17+/m1/s1. The number of benzene rings is 1. The van der Waals surface area contributed by atoms with E-state index in [1.54, 1.807) is 18.3 Å². The van der Waals surface area contributed by atoms with Crippen molar-refractivity contribution in [2.45, 2.75) is 18.8 Å². The molecule has 2 aliphatic rings. The van der Waals surface area contributed by atoms with E-state index in [4.69, 9.17) is 0 Å². The highest BCUT2D eigenvalue weighted by Gasteiger charge is 2.45. The number of halogens is 1. The molecule has 2 heterocycles. The SMILES string of the molecule is O=C([C@H]1C[C@@H]1c1ccc(F)cc1)N1CCCN(c2cccnn2)CC1. The number of carbonyl (C=O) groups is 1. The maximum atomic E-state index is 13.0. The summed E-state index contributed by atoms with van der Waals surface area (Å²) in [6.45, 7) is 3.15. The van der Waals surface area contributed by atoms with E-state index < -0.39 is 0 Å². The van der Waals surface area contributed by atoms with Crippen molar-refractivity contribution in [2.75, 3.05) is 31.1 Å². The Morgan fingerprint density at radius 1 is 1.08 bits per heavy atom. The minimum Gasteiger partial charge on any atom is -0.353 e. The normalized spacial score (nSPS) is 23.2. The minimum atomic E-state index is -0.233. The summed E-state index contributed by atoms with van der Waals surface area (Å²) in [6.07, 6.45) is 3.46. The lowest BCUT2D eigenvalue weighted by Gasteiger charge is -2.22. The molecule has 1 saturated heterocycles. The Labute approximate surface area is 146 Å². The Morgan fingerprint density at radius 3 is 2.68 bits per heavy atom.